The van der Waals surface area contributed by atoms with Crippen molar-refractivity contribution in [1.29, 1.82) is 5.26 Å². The lowest BCUT2D eigenvalue weighted by Crippen LogP contribution is -2.40. The summed E-state index contributed by atoms with van der Waals surface area (Å²) in [6.45, 7) is 4.89. The Morgan fingerprint density at radius 2 is 2.00 bits per heavy atom. The number of hydrogen-bond donors (Lipinski definition) is 0. The van der Waals surface area contributed by atoms with Crippen molar-refractivity contribution in [2.24, 2.45) is 0 Å². The second-order valence-electron chi connectivity index (χ2n) is 6.59. The number of esters is 1. The molecule has 1 aliphatic rings. The molecule has 31 heavy (non-hydrogen) atoms. The molecule has 0 bridgehead atoms. The highest BCUT2D eigenvalue weighted by Gasteiger charge is 2.22. The van der Waals surface area contributed by atoms with Crippen LogP contribution in [0.15, 0.2) is 52.5 Å². The molecule has 160 valence electrons. The zero-order chi connectivity index (χ0) is 22.2. The van der Waals surface area contributed by atoms with Crippen molar-refractivity contribution >= 4 is 45.2 Å². The molecule has 1 fully saturated rings. The van der Waals surface area contributed by atoms with Gasteiger partial charge in [0.2, 0.25) is 0 Å². The van der Waals surface area contributed by atoms with Crippen LogP contribution >= 0.6 is 28.1 Å². The number of nitrogens with zero attached hydrogens (tertiary/aromatic N) is 2. The molecule has 0 unspecified atom stereocenters. The fourth-order valence-corrected chi connectivity index (χ4v) is 3.83. The minimum Gasteiger partial charge on any atom is -0.490 e. The molecule has 1 aliphatic heterocycles. The molecule has 1 saturated heterocycles. The Morgan fingerprint density at radius 1 is 1.29 bits per heavy atom. The quantitative estimate of drug-likeness (QED) is 0.191. The molecular formula is C23H21BrN2O4S. The van der Waals surface area contributed by atoms with E-state index in [4.69, 9.17) is 26.4 Å². The summed E-state index contributed by atoms with van der Waals surface area (Å²) in [5, 5.41) is 9.44. The predicted octanol–water partition coefficient (Wildman–Crippen LogP) is 4.37. The summed E-state index contributed by atoms with van der Waals surface area (Å²) in [5.74, 6) is -0.195. The van der Waals surface area contributed by atoms with E-state index in [0.29, 0.717) is 48.1 Å². The maximum Gasteiger partial charge on any atom is 0.354 e. The molecule has 8 heteroatoms. The monoisotopic (exact) mass is 500 g/mol. The third kappa shape index (κ3) is 5.91. The van der Waals surface area contributed by atoms with Gasteiger partial charge in [-0.1, -0.05) is 42.5 Å². The minimum atomic E-state index is -0.767. The largest absolute Gasteiger partial charge is 0.490 e. The van der Waals surface area contributed by atoms with E-state index in [-0.39, 0.29) is 11.3 Å². The predicted molar refractivity (Wildman–Crippen MR) is 125 cm³/mol. The van der Waals surface area contributed by atoms with Gasteiger partial charge in [0.25, 0.3) is 0 Å². The van der Waals surface area contributed by atoms with Gasteiger partial charge in [0, 0.05) is 18.7 Å². The molecule has 0 N–H and O–H groups in total. The van der Waals surface area contributed by atoms with Crippen molar-refractivity contribution in [3.8, 4) is 17.6 Å². The molecule has 0 aromatic heterocycles. The van der Waals surface area contributed by atoms with E-state index < -0.39 is 5.97 Å². The van der Waals surface area contributed by atoms with E-state index in [1.165, 1.54) is 6.08 Å². The molecule has 0 amide bonds. The first kappa shape index (κ1) is 22.9. The summed E-state index contributed by atoms with van der Waals surface area (Å²) in [4.78, 5) is 15.4. The Morgan fingerprint density at radius 3 is 2.65 bits per heavy atom. The van der Waals surface area contributed by atoms with Gasteiger partial charge in [-0.05, 0) is 46.6 Å². The van der Waals surface area contributed by atoms with Gasteiger partial charge >= 0.3 is 5.97 Å². The zero-order valence-electron chi connectivity index (χ0n) is 17.0. The lowest BCUT2D eigenvalue weighted by molar-refractivity contribution is -0.129. The maximum absolute atomic E-state index is 12.7. The Bertz CT molecular complexity index is 1030. The molecule has 0 radical (unpaired) electrons. The van der Waals surface area contributed by atoms with Crippen molar-refractivity contribution in [1.82, 2.24) is 4.90 Å². The molecule has 0 saturated carbocycles. The lowest BCUT2D eigenvalue weighted by Gasteiger charge is -2.29. The highest BCUT2D eigenvalue weighted by molar-refractivity contribution is 9.10. The lowest BCUT2D eigenvalue weighted by atomic mass is 10.1. The second-order valence-corrected chi connectivity index (χ2v) is 7.83. The summed E-state index contributed by atoms with van der Waals surface area (Å²) >= 11 is 9.11. The number of halogens is 1. The smallest absolute Gasteiger partial charge is 0.354 e. The Kier molecular flexibility index (Phi) is 8.18. The van der Waals surface area contributed by atoms with Crippen molar-refractivity contribution < 1.29 is 19.0 Å². The Hall–Kier alpha value is -2.73. The number of rotatable bonds is 6. The van der Waals surface area contributed by atoms with Gasteiger partial charge in [-0.3, -0.25) is 0 Å². The van der Waals surface area contributed by atoms with E-state index in [2.05, 4.69) is 20.8 Å². The van der Waals surface area contributed by atoms with Crippen LogP contribution in [0.1, 0.15) is 18.1 Å². The standard InChI is InChI=1S/C23H21BrN2O4S/c1-2-29-20-14-17(22(31)26-8-10-28-11-9-26)13-19(24)21(20)30-23(27)18(15-25)12-16-6-4-3-5-7-16/h3-7,12-14H,2,8-11H2,1H3/b18-12+. The normalized spacial score (nSPS) is 14.0. The van der Waals surface area contributed by atoms with E-state index in [0.717, 1.165) is 11.1 Å². The van der Waals surface area contributed by atoms with E-state index in [1.54, 1.807) is 24.3 Å². The van der Waals surface area contributed by atoms with E-state index in [1.807, 2.05) is 31.2 Å². The number of nitriles is 1. The van der Waals surface area contributed by atoms with Gasteiger partial charge in [-0.25, -0.2) is 4.79 Å². The first-order valence-electron chi connectivity index (χ1n) is 9.76. The second kappa shape index (κ2) is 11.0. The first-order valence-corrected chi connectivity index (χ1v) is 11.0. The fraction of sp³-hybridized carbons (Fsp3) is 0.261. The van der Waals surface area contributed by atoms with Gasteiger partial charge in [0.15, 0.2) is 11.5 Å². The zero-order valence-corrected chi connectivity index (χ0v) is 19.4. The van der Waals surface area contributed by atoms with Gasteiger partial charge in [-0.15, -0.1) is 0 Å². The molecule has 1 heterocycles. The third-order valence-corrected chi connectivity index (χ3v) is 5.58. The van der Waals surface area contributed by atoms with Crippen LogP contribution in [0.5, 0.6) is 11.5 Å². The highest BCUT2D eigenvalue weighted by Crippen LogP contribution is 2.38. The topological polar surface area (TPSA) is 71.8 Å². The summed E-state index contributed by atoms with van der Waals surface area (Å²) < 4.78 is 17.2. The highest BCUT2D eigenvalue weighted by atomic mass is 79.9. The summed E-state index contributed by atoms with van der Waals surface area (Å²) in [5.41, 5.74) is 1.38. The number of ether oxygens (including phenoxy) is 3. The molecule has 0 spiro atoms. The van der Waals surface area contributed by atoms with Gasteiger partial charge < -0.3 is 19.1 Å². The molecular weight excluding hydrogens is 480 g/mol. The van der Waals surface area contributed by atoms with Crippen molar-refractivity contribution in [3.05, 3.63) is 63.6 Å². The molecule has 2 aromatic rings. The average molecular weight is 501 g/mol. The van der Waals surface area contributed by atoms with Crippen LogP contribution in [0.4, 0.5) is 0 Å². The minimum absolute atomic E-state index is 0.117. The fourth-order valence-electron chi connectivity index (χ4n) is 3.00. The number of hydrogen-bond acceptors (Lipinski definition) is 6. The average Bonchev–Trinajstić information content (AvgIpc) is 2.80. The molecule has 6 nitrogen and oxygen atoms in total. The molecule has 3 rings (SSSR count). The first-order chi connectivity index (χ1) is 15.0. The van der Waals surface area contributed by atoms with Crippen LogP contribution in [-0.4, -0.2) is 48.8 Å². The summed E-state index contributed by atoms with van der Waals surface area (Å²) in [6, 6.07) is 14.6. The van der Waals surface area contributed by atoms with Crippen LogP contribution in [0, 0.1) is 11.3 Å². The van der Waals surface area contributed by atoms with Gasteiger partial charge in [0.05, 0.1) is 24.3 Å². The van der Waals surface area contributed by atoms with Crippen LogP contribution in [-0.2, 0) is 9.53 Å². The van der Waals surface area contributed by atoms with Crippen molar-refractivity contribution in [2.45, 2.75) is 6.92 Å². The van der Waals surface area contributed by atoms with Crippen LogP contribution in [0.25, 0.3) is 6.08 Å². The SMILES string of the molecule is CCOc1cc(C(=S)N2CCOCC2)cc(Br)c1OC(=O)/C(C#N)=C/c1ccccc1. The Balaban J connectivity index is 1.88. The van der Waals surface area contributed by atoms with Gasteiger partial charge in [-0.2, -0.15) is 5.26 Å². The molecule has 2 aromatic carbocycles. The van der Waals surface area contributed by atoms with E-state index >= 15 is 0 Å². The molecule has 0 aliphatic carbocycles. The number of morpholine rings is 1. The number of carbonyl (C=O) groups is 1. The van der Waals surface area contributed by atoms with Crippen molar-refractivity contribution in [2.75, 3.05) is 32.9 Å². The number of carbonyl (C=O) groups excluding carboxylic acids is 1. The van der Waals surface area contributed by atoms with Crippen LogP contribution in [0.3, 0.4) is 0 Å². The maximum atomic E-state index is 12.7. The van der Waals surface area contributed by atoms with Crippen LogP contribution < -0.4 is 9.47 Å². The third-order valence-electron chi connectivity index (χ3n) is 4.50. The van der Waals surface area contributed by atoms with E-state index in [9.17, 15) is 10.1 Å². The van der Waals surface area contributed by atoms with Crippen molar-refractivity contribution in [3.63, 3.8) is 0 Å². The number of benzene rings is 2. The number of thiocarbonyl (C=S) groups is 1. The molecule has 0 atom stereocenters. The Labute approximate surface area is 195 Å². The van der Waals surface area contributed by atoms with Gasteiger partial charge in [0.1, 0.15) is 16.6 Å². The summed E-state index contributed by atoms with van der Waals surface area (Å²) in [6.07, 6.45) is 1.48. The summed E-state index contributed by atoms with van der Waals surface area (Å²) in [7, 11) is 0. The van der Waals surface area contributed by atoms with Crippen LogP contribution in [0.2, 0.25) is 0 Å².